The Balaban J connectivity index is 2.81. The molecule has 12 heavy (non-hydrogen) atoms. The molecule has 2 N–H and O–H groups in total. The minimum Gasteiger partial charge on any atom is -0.316 e. The summed E-state index contributed by atoms with van der Waals surface area (Å²) in [4.78, 5) is 0. The maximum Gasteiger partial charge on any atom is 0.0458 e. The zero-order valence-corrected chi connectivity index (χ0v) is 7.54. The average molecular weight is 165 g/mol. The van der Waals surface area contributed by atoms with Gasteiger partial charge in [0.1, 0.15) is 0 Å². The third kappa shape index (κ3) is 2.32. The third-order valence-corrected chi connectivity index (χ3v) is 1.90. The van der Waals surface area contributed by atoms with Gasteiger partial charge in [0.05, 0.1) is 0 Å². The van der Waals surface area contributed by atoms with Crippen molar-refractivity contribution in [1.29, 1.82) is 0 Å². The molecule has 0 unspecified atom stereocenters. The van der Waals surface area contributed by atoms with Crippen LogP contribution in [0.4, 0.5) is 0 Å². The SMILES string of the molecule is CC(C)c1cccc(CNO)c1. The number of hydrogen-bond acceptors (Lipinski definition) is 2. The van der Waals surface area contributed by atoms with Gasteiger partial charge in [-0.3, -0.25) is 0 Å². The van der Waals surface area contributed by atoms with E-state index in [9.17, 15) is 0 Å². The Hall–Kier alpha value is -0.860. The molecule has 0 radical (unpaired) electrons. The molecule has 0 spiro atoms. The van der Waals surface area contributed by atoms with Crippen molar-refractivity contribution in [2.45, 2.75) is 26.3 Å². The van der Waals surface area contributed by atoms with Crippen LogP contribution in [0.15, 0.2) is 24.3 Å². The van der Waals surface area contributed by atoms with E-state index in [0.717, 1.165) is 5.56 Å². The highest BCUT2D eigenvalue weighted by atomic mass is 16.5. The molecule has 0 aliphatic rings. The Bertz CT molecular complexity index is 245. The standard InChI is InChI=1S/C10H15NO/c1-8(2)10-5-3-4-9(6-10)7-11-12/h3-6,8,11-12H,7H2,1-2H3. The first-order chi connectivity index (χ1) is 5.74. The van der Waals surface area contributed by atoms with E-state index < -0.39 is 0 Å². The van der Waals surface area contributed by atoms with Crippen molar-refractivity contribution in [3.05, 3.63) is 35.4 Å². The number of hydrogen-bond donors (Lipinski definition) is 2. The third-order valence-electron chi connectivity index (χ3n) is 1.90. The van der Waals surface area contributed by atoms with Crippen molar-refractivity contribution in [3.8, 4) is 0 Å². The van der Waals surface area contributed by atoms with Gasteiger partial charge in [-0.2, -0.15) is 0 Å². The van der Waals surface area contributed by atoms with Crippen LogP contribution >= 0.6 is 0 Å². The largest absolute Gasteiger partial charge is 0.316 e. The predicted molar refractivity (Wildman–Crippen MR) is 49.2 cm³/mol. The lowest BCUT2D eigenvalue weighted by atomic mass is 10.0. The second-order valence-electron chi connectivity index (χ2n) is 3.23. The molecule has 2 nitrogen and oxygen atoms in total. The van der Waals surface area contributed by atoms with Gasteiger partial charge in [-0.25, -0.2) is 5.48 Å². The van der Waals surface area contributed by atoms with Gasteiger partial charge in [-0.15, -0.1) is 0 Å². The number of hydroxylamine groups is 1. The van der Waals surface area contributed by atoms with E-state index in [4.69, 9.17) is 5.21 Å². The molecule has 0 fully saturated rings. The molecule has 0 saturated heterocycles. The summed E-state index contributed by atoms with van der Waals surface area (Å²) in [7, 11) is 0. The highest BCUT2D eigenvalue weighted by molar-refractivity contribution is 5.25. The van der Waals surface area contributed by atoms with Gasteiger partial charge in [0.2, 0.25) is 0 Å². The lowest BCUT2D eigenvalue weighted by Crippen LogP contribution is -2.06. The monoisotopic (exact) mass is 165 g/mol. The predicted octanol–water partition coefficient (Wildman–Crippen LogP) is 2.29. The fourth-order valence-electron chi connectivity index (χ4n) is 1.15. The van der Waals surface area contributed by atoms with Gasteiger partial charge in [-0.1, -0.05) is 38.1 Å². The molecule has 0 heterocycles. The molecule has 0 atom stereocenters. The van der Waals surface area contributed by atoms with Crippen LogP contribution in [0, 0.1) is 0 Å². The number of nitrogens with one attached hydrogen (secondary N) is 1. The fourth-order valence-corrected chi connectivity index (χ4v) is 1.15. The number of benzene rings is 1. The molecule has 66 valence electrons. The van der Waals surface area contributed by atoms with Crippen LogP contribution in [0.5, 0.6) is 0 Å². The molecule has 0 saturated carbocycles. The number of rotatable bonds is 3. The summed E-state index contributed by atoms with van der Waals surface area (Å²) in [5.74, 6) is 0.545. The zero-order valence-electron chi connectivity index (χ0n) is 7.54. The topological polar surface area (TPSA) is 32.3 Å². The van der Waals surface area contributed by atoms with E-state index in [2.05, 4.69) is 31.5 Å². The van der Waals surface area contributed by atoms with E-state index in [0.29, 0.717) is 12.5 Å². The average Bonchev–Trinajstić information content (AvgIpc) is 2.05. The normalized spacial score (nSPS) is 10.7. The van der Waals surface area contributed by atoms with E-state index in [1.54, 1.807) is 0 Å². The molecule has 1 aromatic rings. The molecular weight excluding hydrogens is 150 g/mol. The van der Waals surface area contributed by atoms with Crippen LogP contribution in [0.1, 0.15) is 30.9 Å². The minimum absolute atomic E-state index is 0.514. The Morgan fingerprint density at radius 3 is 2.75 bits per heavy atom. The summed E-state index contributed by atoms with van der Waals surface area (Å²) in [5.41, 5.74) is 4.57. The van der Waals surface area contributed by atoms with Gasteiger partial charge in [-0.05, 0) is 17.0 Å². The Morgan fingerprint density at radius 1 is 1.42 bits per heavy atom. The van der Waals surface area contributed by atoms with Gasteiger partial charge < -0.3 is 5.21 Å². The molecule has 0 aliphatic heterocycles. The molecule has 1 aromatic carbocycles. The maximum absolute atomic E-state index is 8.50. The van der Waals surface area contributed by atoms with E-state index >= 15 is 0 Å². The maximum atomic E-state index is 8.50. The first-order valence-corrected chi connectivity index (χ1v) is 4.20. The van der Waals surface area contributed by atoms with Crippen molar-refractivity contribution < 1.29 is 5.21 Å². The molecule has 0 amide bonds. The van der Waals surface area contributed by atoms with Crippen molar-refractivity contribution >= 4 is 0 Å². The Kier molecular flexibility index (Phi) is 3.26. The summed E-state index contributed by atoms with van der Waals surface area (Å²) in [6.45, 7) is 4.83. The van der Waals surface area contributed by atoms with Crippen molar-refractivity contribution in [2.24, 2.45) is 0 Å². The van der Waals surface area contributed by atoms with Crippen LogP contribution in [0.25, 0.3) is 0 Å². The molecular formula is C10H15NO. The second-order valence-corrected chi connectivity index (χ2v) is 3.23. The van der Waals surface area contributed by atoms with Crippen LogP contribution in [0.3, 0.4) is 0 Å². The first kappa shape index (κ1) is 9.23. The summed E-state index contributed by atoms with van der Waals surface area (Å²) < 4.78 is 0. The smallest absolute Gasteiger partial charge is 0.0458 e. The van der Waals surface area contributed by atoms with Crippen molar-refractivity contribution in [3.63, 3.8) is 0 Å². The van der Waals surface area contributed by atoms with Crippen LogP contribution in [-0.4, -0.2) is 5.21 Å². The van der Waals surface area contributed by atoms with Crippen molar-refractivity contribution in [1.82, 2.24) is 5.48 Å². The van der Waals surface area contributed by atoms with Crippen LogP contribution in [0.2, 0.25) is 0 Å². The highest BCUT2D eigenvalue weighted by Gasteiger charge is 1.98. The Morgan fingerprint density at radius 2 is 2.17 bits per heavy atom. The molecule has 0 bridgehead atoms. The quantitative estimate of drug-likeness (QED) is 0.673. The van der Waals surface area contributed by atoms with Gasteiger partial charge >= 0.3 is 0 Å². The minimum atomic E-state index is 0.514. The summed E-state index contributed by atoms with van der Waals surface area (Å²) >= 11 is 0. The molecule has 0 aliphatic carbocycles. The van der Waals surface area contributed by atoms with Gasteiger partial charge in [0.25, 0.3) is 0 Å². The molecule has 0 aromatic heterocycles. The van der Waals surface area contributed by atoms with Crippen LogP contribution in [-0.2, 0) is 6.54 Å². The van der Waals surface area contributed by atoms with E-state index in [-0.39, 0.29) is 0 Å². The van der Waals surface area contributed by atoms with E-state index in [1.807, 2.05) is 12.1 Å². The van der Waals surface area contributed by atoms with Crippen LogP contribution < -0.4 is 5.48 Å². The summed E-state index contributed by atoms with van der Waals surface area (Å²) in [5, 5.41) is 8.50. The second kappa shape index (κ2) is 4.24. The Labute approximate surface area is 73.2 Å². The van der Waals surface area contributed by atoms with Gasteiger partial charge in [0, 0.05) is 6.54 Å². The first-order valence-electron chi connectivity index (χ1n) is 4.20. The zero-order chi connectivity index (χ0) is 8.97. The molecule has 1 rings (SSSR count). The molecule has 2 heteroatoms. The van der Waals surface area contributed by atoms with Crippen molar-refractivity contribution in [2.75, 3.05) is 0 Å². The van der Waals surface area contributed by atoms with E-state index in [1.165, 1.54) is 5.56 Å². The summed E-state index contributed by atoms with van der Waals surface area (Å²) in [6, 6.07) is 8.22. The lowest BCUT2D eigenvalue weighted by Gasteiger charge is -2.06. The summed E-state index contributed by atoms with van der Waals surface area (Å²) in [6.07, 6.45) is 0. The van der Waals surface area contributed by atoms with Gasteiger partial charge in [0.15, 0.2) is 0 Å². The highest BCUT2D eigenvalue weighted by Crippen LogP contribution is 2.15. The lowest BCUT2D eigenvalue weighted by molar-refractivity contribution is 0.161. The fraction of sp³-hybridized carbons (Fsp3) is 0.400.